The summed E-state index contributed by atoms with van der Waals surface area (Å²) in [6, 6.07) is 0. The van der Waals surface area contributed by atoms with Gasteiger partial charge in [-0.25, -0.2) is 0 Å². The molecule has 2 atom stereocenters. The van der Waals surface area contributed by atoms with Gasteiger partial charge in [0.15, 0.2) is 0 Å². The van der Waals surface area contributed by atoms with Gasteiger partial charge >= 0.3 is 0 Å². The first-order valence-corrected chi connectivity index (χ1v) is 8.29. The van der Waals surface area contributed by atoms with Crippen LogP contribution >= 0.6 is 0 Å². The highest BCUT2D eigenvalue weighted by Crippen LogP contribution is 2.41. The van der Waals surface area contributed by atoms with E-state index in [1.807, 2.05) is 0 Å². The van der Waals surface area contributed by atoms with E-state index in [-0.39, 0.29) is 0 Å². The minimum absolute atomic E-state index is 0.613. The van der Waals surface area contributed by atoms with Crippen molar-refractivity contribution in [3.8, 4) is 0 Å². The lowest BCUT2D eigenvalue weighted by Crippen LogP contribution is -2.44. The van der Waals surface area contributed by atoms with E-state index in [0.29, 0.717) is 5.41 Å². The predicted molar refractivity (Wildman–Crippen MR) is 81.9 cm³/mol. The number of nitrogens with one attached hydrogen (secondary N) is 1. The summed E-state index contributed by atoms with van der Waals surface area (Å²) in [4.78, 5) is 0. The second kappa shape index (κ2) is 8.19. The molecule has 1 saturated heterocycles. The Labute approximate surface area is 115 Å². The van der Waals surface area contributed by atoms with Gasteiger partial charge in [0.25, 0.3) is 0 Å². The predicted octanol–water partition coefficient (Wildman–Crippen LogP) is 5.01. The van der Waals surface area contributed by atoms with Crippen LogP contribution in [0.4, 0.5) is 0 Å². The van der Waals surface area contributed by atoms with Gasteiger partial charge in [-0.15, -0.1) is 0 Å². The summed E-state index contributed by atoms with van der Waals surface area (Å²) in [5.41, 5.74) is 0.613. The van der Waals surface area contributed by atoms with E-state index in [1.165, 1.54) is 64.5 Å². The number of piperidine rings is 1. The Morgan fingerprint density at radius 1 is 1.17 bits per heavy atom. The smallest absolute Gasteiger partial charge is 0.00152 e. The van der Waals surface area contributed by atoms with Gasteiger partial charge in [0.05, 0.1) is 0 Å². The summed E-state index contributed by atoms with van der Waals surface area (Å²) < 4.78 is 0. The largest absolute Gasteiger partial charge is 0.316 e. The molecule has 0 amide bonds. The Kier molecular flexibility index (Phi) is 7.29. The zero-order chi connectivity index (χ0) is 13.4. The van der Waals surface area contributed by atoms with Gasteiger partial charge in [0, 0.05) is 0 Å². The van der Waals surface area contributed by atoms with Crippen molar-refractivity contribution < 1.29 is 0 Å². The summed E-state index contributed by atoms with van der Waals surface area (Å²) in [7, 11) is 0. The van der Waals surface area contributed by atoms with Crippen molar-refractivity contribution >= 4 is 0 Å². The minimum atomic E-state index is 0.613. The van der Waals surface area contributed by atoms with E-state index in [2.05, 4.69) is 33.0 Å². The van der Waals surface area contributed by atoms with Crippen molar-refractivity contribution in [1.82, 2.24) is 5.32 Å². The second-order valence-corrected chi connectivity index (χ2v) is 7.10. The molecule has 0 aliphatic carbocycles. The van der Waals surface area contributed by atoms with Gasteiger partial charge in [0.1, 0.15) is 0 Å². The van der Waals surface area contributed by atoms with E-state index in [4.69, 9.17) is 0 Å². The van der Waals surface area contributed by atoms with Crippen LogP contribution < -0.4 is 5.32 Å². The monoisotopic (exact) mass is 253 g/mol. The average Bonchev–Trinajstić information content (AvgIpc) is 2.32. The molecule has 0 saturated carbocycles. The molecule has 1 aliphatic heterocycles. The van der Waals surface area contributed by atoms with Gasteiger partial charge in [0.2, 0.25) is 0 Å². The Hall–Kier alpha value is -0.0400. The molecule has 1 rings (SSSR count). The highest BCUT2D eigenvalue weighted by molar-refractivity contribution is 4.88. The van der Waals surface area contributed by atoms with Crippen LogP contribution in [-0.2, 0) is 0 Å². The quantitative estimate of drug-likeness (QED) is 0.600. The lowest BCUT2D eigenvalue weighted by molar-refractivity contribution is 0.0954. The Morgan fingerprint density at radius 3 is 2.56 bits per heavy atom. The topological polar surface area (TPSA) is 12.0 Å². The molecule has 1 nitrogen and oxygen atoms in total. The zero-order valence-electron chi connectivity index (χ0n) is 13.2. The average molecular weight is 253 g/mol. The number of hydrogen-bond donors (Lipinski definition) is 1. The SMILES string of the molecule is CCCCCCCC1(C)CCNCC1CC(C)C. The van der Waals surface area contributed by atoms with Crippen LogP contribution in [0.3, 0.4) is 0 Å². The van der Waals surface area contributed by atoms with Crippen LogP contribution in [0.5, 0.6) is 0 Å². The van der Waals surface area contributed by atoms with Crippen LogP contribution in [0.2, 0.25) is 0 Å². The molecule has 1 heteroatoms. The van der Waals surface area contributed by atoms with Crippen LogP contribution in [0.25, 0.3) is 0 Å². The molecule has 0 bridgehead atoms. The van der Waals surface area contributed by atoms with Crippen LogP contribution in [0.1, 0.15) is 79.1 Å². The van der Waals surface area contributed by atoms with E-state index < -0.39 is 0 Å². The number of hydrogen-bond acceptors (Lipinski definition) is 1. The highest BCUT2D eigenvalue weighted by Gasteiger charge is 2.35. The van der Waals surface area contributed by atoms with Crippen LogP contribution in [0.15, 0.2) is 0 Å². The Morgan fingerprint density at radius 2 is 1.89 bits per heavy atom. The van der Waals surface area contributed by atoms with E-state index in [1.54, 1.807) is 0 Å². The highest BCUT2D eigenvalue weighted by atomic mass is 14.9. The maximum absolute atomic E-state index is 3.61. The van der Waals surface area contributed by atoms with Gasteiger partial charge in [-0.05, 0) is 49.6 Å². The first-order valence-electron chi connectivity index (χ1n) is 8.29. The molecular formula is C17H35N. The van der Waals surface area contributed by atoms with Crippen molar-refractivity contribution in [2.24, 2.45) is 17.3 Å². The first-order chi connectivity index (χ1) is 8.58. The van der Waals surface area contributed by atoms with E-state index >= 15 is 0 Å². The fourth-order valence-corrected chi connectivity index (χ4v) is 3.50. The van der Waals surface area contributed by atoms with E-state index in [9.17, 15) is 0 Å². The fraction of sp³-hybridized carbons (Fsp3) is 1.00. The lowest BCUT2D eigenvalue weighted by atomic mass is 9.66. The lowest BCUT2D eigenvalue weighted by Gasteiger charge is -2.43. The molecule has 0 spiro atoms. The van der Waals surface area contributed by atoms with Crippen LogP contribution in [0, 0.1) is 17.3 Å². The normalized spacial score (nSPS) is 28.8. The molecule has 0 aromatic heterocycles. The summed E-state index contributed by atoms with van der Waals surface area (Å²) in [5.74, 6) is 1.74. The maximum Gasteiger partial charge on any atom is -0.00152 e. The number of unbranched alkanes of at least 4 members (excludes halogenated alkanes) is 4. The molecule has 2 unspecified atom stereocenters. The summed E-state index contributed by atoms with van der Waals surface area (Å²) >= 11 is 0. The van der Waals surface area contributed by atoms with E-state index in [0.717, 1.165) is 11.8 Å². The van der Waals surface area contributed by atoms with Gasteiger partial charge in [-0.2, -0.15) is 0 Å². The minimum Gasteiger partial charge on any atom is -0.316 e. The van der Waals surface area contributed by atoms with Crippen molar-refractivity contribution in [1.29, 1.82) is 0 Å². The molecule has 1 N–H and O–H groups in total. The molecule has 108 valence electrons. The van der Waals surface area contributed by atoms with Crippen LogP contribution in [-0.4, -0.2) is 13.1 Å². The first kappa shape index (κ1) is 16.0. The van der Waals surface area contributed by atoms with Crippen molar-refractivity contribution in [2.45, 2.75) is 79.1 Å². The van der Waals surface area contributed by atoms with Gasteiger partial charge in [-0.1, -0.05) is 59.8 Å². The molecule has 18 heavy (non-hydrogen) atoms. The molecule has 1 aliphatic rings. The zero-order valence-corrected chi connectivity index (χ0v) is 13.2. The second-order valence-electron chi connectivity index (χ2n) is 7.10. The summed E-state index contributed by atoms with van der Waals surface area (Å²) in [6.45, 7) is 12.1. The third-order valence-corrected chi connectivity index (χ3v) is 4.86. The summed E-state index contributed by atoms with van der Waals surface area (Å²) in [5, 5.41) is 3.61. The molecule has 1 heterocycles. The Balaban J connectivity index is 2.36. The molecule has 0 radical (unpaired) electrons. The molecular weight excluding hydrogens is 218 g/mol. The molecule has 0 aromatic carbocycles. The van der Waals surface area contributed by atoms with Gasteiger partial charge in [-0.3, -0.25) is 0 Å². The van der Waals surface area contributed by atoms with Crippen molar-refractivity contribution in [2.75, 3.05) is 13.1 Å². The Bertz CT molecular complexity index is 212. The third-order valence-electron chi connectivity index (χ3n) is 4.86. The van der Waals surface area contributed by atoms with Crippen molar-refractivity contribution in [3.05, 3.63) is 0 Å². The van der Waals surface area contributed by atoms with Crippen molar-refractivity contribution in [3.63, 3.8) is 0 Å². The third kappa shape index (κ3) is 5.30. The van der Waals surface area contributed by atoms with Gasteiger partial charge < -0.3 is 5.32 Å². The summed E-state index contributed by atoms with van der Waals surface area (Å²) in [6.07, 6.45) is 11.4. The maximum atomic E-state index is 3.61. The molecule has 0 aromatic rings. The molecule has 1 fully saturated rings. The number of rotatable bonds is 8. The standard InChI is InChI=1S/C17H35N/c1-5-6-7-8-9-10-17(4)11-12-18-14-16(17)13-15(2)3/h15-16,18H,5-14H2,1-4H3. The fourth-order valence-electron chi connectivity index (χ4n) is 3.50.